The monoisotopic (exact) mass is 243 g/mol. The third kappa shape index (κ3) is 2.74. The Hall–Kier alpha value is -1.07. The first kappa shape index (κ1) is 11.4. The number of hydrogen-bond donors (Lipinski definition) is 1. The van der Waals surface area contributed by atoms with Crippen LogP contribution >= 0.6 is 11.6 Å². The van der Waals surface area contributed by atoms with Crippen LogP contribution in [0.25, 0.3) is 0 Å². The van der Waals surface area contributed by atoms with E-state index in [0.29, 0.717) is 16.9 Å². The molecule has 0 amide bonds. The molecule has 1 aromatic rings. The van der Waals surface area contributed by atoms with Crippen molar-refractivity contribution in [3.8, 4) is 5.88 Å². The Morgan fingerprint density at radius 1 is 1.50 bits per heavy atom. The van der Waals surface area contributed by atoms with E-state index in [0.717, 1.165) is 26.1 Å². The highest BCUT2D eigenvalue weighted by molar-refractivity contribution is 6.31. The Bertz CT molecular complexity index is 356. The molecule has 1 fully saturated rings. The molecular formula is C10H14ClN3O2. The van der Waals surface area contributed by atoms with Gasteiger partial charge in [0, 0.05) is 19.9 Å². The number of rotatable bonds is 3. The lowest BCUT2D eigenvalue weighted by atomic mass is 10.2. The number of halogens is 1. The quantitative estimate of drug-likeness (QED) is 0.876. The highest BCUT2D eigenvalue weighted by Gasteiger charge is 2.17. The fourth-order valence-corrected chi connectivity index (χ4v) is 1.64. The normalized spacial score (nSPS) is 17.1. The van der Waals surface area contributed by atoms with Crippen molar-refractivity contribution >= 4 is 17.5 Å². The van der Waals surface area contributed by atoms with E-state index >= 15 is 0 Å². The minimum Gasteiger partial charge on any atom is -0.473 e. The Balaban J connectivity index is 2.06. The van der Waals surface area contributed by atoms with Crippen molar-refractivity contribution < 1.29 is 9.47 Å². The van der Waals surface area contributed by atoms with Gasteiger partial charge in [0.1, 0.15) is 11.1 Å². The van der Waals surface area contributed by atoms with E-state index in [-0.39, 0.29) is 6.10 Å². The maximum absolute atomic E-state index is 5.96. The third-order valence-electron chi connectivity index (χ3n) is 2.38. The van der Waals surface area contributed by atoms with E-state index in [4.69, 9.17) is 21.1 Å². The minimum atomic E-state index is 0.130. The second kappa shape index (κ2) is 5.32. The molecule has 0 saturated carbocycles. The van der Waals surface area contributed by atoms with Crippen molar-refractivity contribution in [3.63, 3.8) is 0 Å². The van der Waals surface area contributed by atoms with E-state index in [9.17, 15) is 0 Å². The van der Waals surface area contributed by atoms with Crippen LogP contribution in [0.3, 0.4) is 0 Å². The number of aromatic nitrogens is 2. The molecule has 1 saturated heterocycles. The standard InChI is InChI=1S/C10H14ClN3O2/c1-12-10-13-6-8(11)9(14-10)16-7-2-4-15-5-3-7/h6-7H,2-5H2,1H3,(H,12,13,14). The third-order valence-corrected chi connectivity index (χ3v) is 2.64. The lowest BCUT2D eigenvalue weighted by molar-refractivity contribution is 0.0238. The summed E-state index contributed by atoms with van der Waals surface area (Å²) in [5.41, 5.74) is 0. The van der Waals surface area contributed by atoms with Crippen LogP contribution < -0.4 is 10.1 Å². The molecule has 2 rings (SSSR count). The Kier molecular flexibility index (Phi) is 3.79. The van der Waals surface area contributed by atoms with Crippen LogP contribution in [0.1, 0.15) is 12.8 Å². The lowest BCUT2D eigenvalue weighted by Crippen LogP contribution is -2.26. The highest BCUT2D eigenvalue weighted by Crippen LogP contribution is 2.24. The second-order valence-corrected chi connectivity index (χ2v) is 3.93. The first-order valence-electron chi connectivity index (χ1n) is 5.24. The van der Waals surface area contributed by atoms with Gasteiger partial charge in [-0.15, -0.1) is 0 Å². The molecule has 1 aliphatic heterocycles. The summed E-state index contributed by atoms with van der Waals surface area (Å²) in [5.74, 6) is 0.944. The van der Waals surface area contributed by atoms with Crippen LogP contribution in [0, 0.1) is 0 Å². The summed E-state index contributed by atoms with van der Waals surface area (Å²) >= 11 is 5.96. The molecule has 0 unspecified atom stereocenters. The van der Waals surface area contributed by atoms with Crippen molar-refractivity contribution in [2.45, 2.75) is 18.9 Å². The Labute approximate surface area is 99.1 Å². The van der Waals surface area contributed by atoms with Gasteiger partial charge in [-0.05, 0) is 0 Å². The number of anilines is 1. The van der Waals surface area contributed by atoms with Gasteiger partial charge in [0.2, 0.25) is 11.8 Å². The van der Waals surface area contributed by atoms with E-state index in [1.54, 1.807) is 7.05 Å². The summed E-state index contributed by atoms with van der Waals surface area (Å²) in [7, 11) is 1.75. The molecule has 0 spiro atoms. The maximum Gasteiger partial charge on any atom is 0.237 e. The number of nitrogens with zero attached hydrogens (tertiary/aromatic N) is 2. The Morgan fingerprint density at radius 3 is 2.94 bits per heavy atom. The summed E-state index contributed by atoms with van der Waals surface area (Å²) in [4.78, 5) is 8.16. The topological polar surface area (TPSA) is 56.3 Å². The van der Waals surface area contributed by atoms with Crippen LogP contribution in [0.5, 0.6) is 5.88 Å². The van der Waals surface area contributed by atoms with Crippen molar-refractivity contribution in [1.82, 2.24) is 9.97 Å². The zero-order valence-corrected chi connectivity index (χ0v) is 9.83. The predicted octanol–water partition coefficient (Wildman–Crippen LogP) is 1.73. The molecule has 0 radical (unpaired) electrons. The molecule has 16 heavy (non-hydrogen) atoms. The van der Waals surface area contributed by atoms with E-state index in [1.807, 2.05) is 0 Å². The van der Waals surface area contributed by atoms with E-state index in [2.05, 4.69) is 15.3 Å². The van der Waals surface area contributed by atoms with Gasteiger partial charge in [-0.25, -0.2) is 4.98 Å². The number of nitrogens with one attached hydrogen (secondary N) is 1. The van der Waals surface area contributed by atoms with Crippen LogP contribution in [0.2, 0.25) is 5.02 Å². The molecule has 88 valence electrons. The van der Waals surface area contributed by atoms with Crippen LogP contribution in [0.4, 0.5) is 5.95 Å². The van der Waals surface area contributed by atoms with Crippen molar-refractivity contribution in [3.05, 3.63) is 11.2 Å². The fourth-order valence-electron chi connectivity index (χ4n) is 1.51. The zero-order valence-electron chi connectivity index (χ0n) is 9.07. The van der Waals surface area contributed by atoms with Crippen LogP contribution in [-0.4, -0.2) is 36.3 Å². The molecule has 2 heterocycles. The minimum absolute atomic E-state index is 0.130. The van der Waals surface area contributed by atoms with Crippen molar-refractivity contribution in [1.29, 1.82) is 0 Å². The molecule has 0 bridgehead atoms. The SMILES string of the molecule is CNc1ncc(Cl)c(OC2CCOCC2)n1. The lowest BCUT2D eigenvalue weighted by Gasteiger charge is -2.23. The molecule has 0 aromatic carbocycles. The number of ether oxygens (including phenoxy) is 2. The second-order valence-electron chi connectivity index (χ2n) is 3.53. The summed E-state index contributed by atoms with van der Waals surface area (Å²) < 4.78 is 11.0. The molecular weight excluding hydrogens is 230 g/mol. The predicted molar refractivity (Wildman–Crippen MR) is 61.1 cm³/mol. The summed E-state index contributed by atoms with van der Waals surface area (Å²) in [6.07, 6.45) is 3.41. The van der Waals surface area contributed by atoms with Gasteiger partial charge in [0.05, 0.1) is 19.4 Å². The van der Waals surface area contributed by atoms with E-state index in [1.165, 1.54) is 6.20 Å². The smallest absolute Gasteiger partial charge is 0.237 e. The van der Waals surface area contributed by atoms with Gasteiger partial charge in [-0.2, -0.15) is 4.98 Å². The largest absolute Gasteiger partial charge is 0.473 e. The highest BCUT2D eigenvalue weighted by atomic mass is 35.5. The van der Waals surface area contributed by atoms with E-state index < -0.39 is 0 Å². The van der Waals surface area contributed by atoms with Crippen LogP contribution in [-0.2, 0) is 4.74 Å². The number of hydrogen-bond acceptors (Lipinski definition) is 5. The fraction of sp³-hybridized carbons (Fsp3) is 0.600. The first-order chi connectivity index (χ1) is 7.79. The summed E-state index contributed by atoms with van der Waals surface area (Å²) in [5, 5.41) is 3.28. The summed E-state index contributed by atoms with van der Waals surface area (Å²) in [6.45, 7) is 1.46. The molecule has 0 atom stereocenters. The average molecular weight is 244 g/mol. The van der Waals surface area contributed by atoms with Gasteiger partial charge in [0.25, 0.3) is 0 Å². The van der Waals surface area contributed by atoms with Gasteiger partial charge in [0.15, 0.2) is 0 Å². The molecule has 1 aromatic heterocycles. The average Bonchev–Trinajstić information content (AvgIpc) is 2.33. The van der Waals surface area contributed by atoms with Crippen LogP contribution in [0.15, 0.2) is 6.20 Å². The van der Waals surface area contributed by atoms with Gasteiger partial charge < -0.3 is 14.8 Å². The molecule has 0 aliphatic carbocycles. The Morgan fingerprint density at radius 2 is 2.25 bits per heavy atom. The summed E-state index contributed by atoms with van der Waals surface area (Å²) in [6, 6.07) is 0. The van der Waals surface area contributed by atoms with Gasteiger partial charge in [-0.1, -0.05) is 11.6 Å². The first-order valence-corrected chi connectivity index (χ1v) is 5.62. The molecule has 1 N–H and O–H groups in total. The maximum atomic E-state index is 5.96. The van der Waals surface area contributed by atoms with Gasteiger partial charge >= 0.3 is 0 Å². The molecule has 6 heteroatoms. The zero-order chi connectivity index (χ0) is 11.4. The van der Waals surface area contributed by atoms with Crippen molar-refractivity contribution in [2.75, 3.05) is 25.6 Å². The van der Waals surface area contributed by atoms with Gasteiger partial charge in [-0.3, -0.25) is 0 Å². The molecule has 1 aliphatic rings. The van der Waals surface area contributed by atoms with Crippen molar-refractivity contribution in [2.24, 2.45) is 0 Å². The molecule has 5 nitrogen and oxygen atoms in total.